The molecule has 1 amide bonds. The molecule has 3 atom stereocenters. The fourth-order valence-electron chi connectivity index (χ4n) is 5.41. The van der Waals surface area contributed by atoms with Gasteiger partial charge in [0.05, 0.1) is 17.5 Å². The molecular formula is C28H35N3O3S2. The number of aliphatic imine (C=N–C) groups is 1. The first-order chi connectivity index (χ1) is 17.3. The Hall–Kier alpha value is -2.32. The van der Waals surface area contributed by atoms with E-state index < -0.39 is 9.84 Å². The van der Waals surface area contributed by atoms with E-state index in [9.17, 15) is 13.2 Å². The summed E-state index contributed by atoms with van der Waals surface area (Å²) in [5.41, 5.74) is 3.51. The standard InChI is InChI=1S/C28H35N3O3S2/c1-3-20(2)27(32)29-28-31(25-18-36(33,34)19-26(25)35-28)24-11-9-23(10-12-24)30-15-13-22(14-16-30)17-21-7-5-4-6-8-21/h4-12,20,22,25-26H,3,13-19H2,1-2H3/t20-,25+,26+/m1/s1. The minimum atomic E-state index is -3.08. The van der Waals surface area contributed by atoms with Crippen molar-refractivity contribution < 1.29 is 13.2 Å². The Morgan fingerprint density at radius 2 is 1.69 bits per heavy atom. The number of piperidine rings is 1. The molecule has 36 heavy (non-hydrogen) atoms. The molecule has 0 aliphatic carbocycles. The highest BCUT2D eigenvalue weighted by atomic mass is 32.2. The maximum absolute atomic E-state index is 12.6. The third-order valence-electron chi connectivity index (χ3n) is 7.78. The smallest absolute Gasteiger partial charge is 0.250 e. The van der Waals surface area contributed by atoms with E-state index >= 15 is 0 Å². The zero-order valence-corrected chi connectivity index (χ0v) is 22.7. The number of amides is 1. The van der Waals surface area contributed by atoms with Gasteiger partial charge < -0.3 is 9.80 Å². The van der Waals surface area contributed by atoms with Crippen molar-refractivity contribution in [2.24, 2.45) is 16.8 Å². The Kier molecular flexibility index (Phi) is 7.45. The number of hydrogen-bond acceptors (Lipinski definition) is 5. The maximum atomic E-state index is 12.6. The number of anilines is 2. The number of benzene rings is 2. The van der Waals surface area contributed by atoms with Gasteiger partial charge >= 0.3 is 0 Å². The van der Waals surface area contributed by atoms with Gasteiger partial charge in [-0.25, -0.2) is 8.42 Å². The maximum Gasteiger partial charge on any atom is 0.250 e. The van der Waals surface area contributed by atoms with Crippen molar-refractivity contribution in [3.8, 4) is 0 Å². The molecule has 3 heterocycles. The van der Waals surface area contributed by atoms with E-state index in [-0.39, 0.29) is 34.6 Å². The first-order valence-electron chi connectivity index (χ1n) is 13.0. The van der Waals surface area contributed by atoms with Crippen LogP contribution in [-0.4, -0.2) is 55.4 Å². The predicted octanol–water partition coefficient (Wildman–Crippen LogP) is 4.79. The second-order valence-corrected chi connectivity index (χ2v) is 13.7. The van der Waals surface area contributed by atoms with Crippen LogP contribution in [0.5, 0.6) is 0 Å². The molecule has 6 nitrogen and oxygen atoms in total. The van der Waals surface area contributed by atoms with Crippen LogP contribution >= 0.6 is 11.8 Å². The first-order valence-corrected chi connectivity index (χ1v) is 15.7. The van der Waals surface area contributed by atoms with Crippen LogP contribution in [0.4, 0.5) is 11.4 Å². The van der Waals surface area contributed by atoms with E-state index in [1.165, 1.54) is 35.9 Å². The molecule has 0 radical (unpaired) electrons. The van der Waals surface area contributed by atoms with Crippen molar-refractivity contribution >= 4 is 44.0 Å². The van der Waals surface area contributed by atoms with Gasteiger partial charge in [-0.15, -0.1) is 0 Å². The van der Waals surface area contributed by atoms with Crippen LogP contribution in [-0.2, 0) is 21.1 Å². The number of carbonyl (C=O) groups is 1. The molecule has 192 valence electrons. The van der Waals surface area contributed by atoms with Crippen molar-refractivity contribution in [3.05, 3.63) is 60.2 Å². The Morgan fingerprint density at radius 1 is 1.03 bits per heavy atom. The van der Waals surface area contributed by atoms with Crippen LogP contribution in [0.15, 0.2) is 59.6 Å². The highest BCUT2D eigenvalue weighted by Crippen LogP contribution is 2.41. The zero-order valence-electron chi connectivity index (χ0n) is 21.0. The number of hydrogen-bond donors (Lipinski definition) is 0. The van der Waals surface area contributed by atoms with Crippen molar-refractivity contribution in [1.82, 2.24) is 0 Å². The van der Waals surface area contributed by atoms with Gasteiger partial charge in [0.2, 0.25) is 0 Å². The fraction of sp³-hybridized carbons (Fsp3) is 0.500. The molecule has 0 unspecified atom stereocenters. The third-order valence-corrected chi connectivity index (χ3v) is 11.0. The number of thioether (sulfide) groups is 1. The van der Waals surface area contributed by atoms with Crippen molar-refractivity contribution in [1.29, 1.82) is 0 Å². The lowest BCUT2D eigenvalue weighted by molar-refractivity contribution is -0.121. The lowest BCUT2D eigenvalue weighted by Gasteiger charge is -2.34. The van der Waals surface area contributed by atoms with Gasteiger partial charge in [-0.05, 0) is 61.4 Å². The Morgan fingerprint density at radius 3 is 2.36 bits per heavy atom. The zero-order chi connectivity index (χ0) is 25.3. The molecule has 0 aromatic heterocycles. The van der Waals surface area contributed by atoms with Gasteiger partial charge in [-0.1, -0.05) is 55.9 Å². The molecule has 3 fully saturated rings. The molecule has 2 aromatic rings. The van der Waals surface area contributed by atoms with Gasteiger partial charge in [0.25, 0.3) is 5.91 Å². The number of nitrogens with zero attached hydrogens (tertiary/aromatic N) is 3. The average Bonchev–Trinajstić information content (AvgIpc) is 3.35. The summed E-state index contributed by atoms with van der Waals surface area (Å²) in [6, 6.07) is 18.9. The molecule has 3 saturated heterocycles. The monoisotopic (exact) mass is 525 g/mol. The minimum Gasteiger partial charge on any atom is -0.372 e. The number of sulfone groups is 1. The fourth-order valence-corrected chi connectivity index (χ4v) is 9.33. The number of carbonyl (C=O) groups excluding carboxylic acids is 1. The van der Waals surface area contributed by atoms with E-state index in [1.54, 1.807) is 0 Å². The molecular weight excluding hydrogens is 490 g/mol. The number of fused-ring (bicyclic) bond motifs is 1. The Balaban J connectivity index is 1.29. The molecule has 0 bridgehead atoms. The molecule has 8 heteroatoms. The van der Waals surface area contributed by atoms with E-state index in [2.05, 4.69) is 64.5 Å². The summed E-state index contributed by atoms with van der Waals surface area (Å²) < 4.78 is 24.7. The third kappa shape index (κ3) is 5.49. The molecule has 5 rings (SSSR count). The van der Waals surface area contributed by atoms with E-state index in [0.29, 0.717) is 11.1 Å². The second kappa shape index (κ2) is 10.6. The first kappa shape index (κ1) is 25.3. The Bertz CT molecular complexity index is 1210. The Labute approximate surface area is 219 Å². The second-order valence-electron chi connectivity index (χ2n) is 10.3. The highest BCUT2D eigenvalue weighted by Gasteiger charge is 2.49. The van der Waals surface area contributed by atoms with E-state index in [1.807, 2.05) is 18.7 Å². The molecule has 3 aliphatic heterocycles. The average molecular weight is 526 g/mol. The normalized spacial score (nSPS) is 25.8. The number of amidine groups is 1. The molecule has 0 N–H and O–H groups in total. The molecule has 3 aliphatic rings. The van der Waals surface area contributed by atoms with Gasteiger partial charge in [0, 0.05) is 35.6 Å². The van der Waals surface area contributed by atoms with Gasteiger partial charge in [0.1, 0.15) is 0 Å². The predicted molar refractivity (Wildman–Crippen MR) is 150 cm³/mol. The van der Waals surface area contributed by atoms with Crippen LogP contribution in [0.2, 0.25) is 0 Å². The van der Waals surface area contributed by atoms with Gasteiger partial charge in [0.15, 0.2) is 15.0 Å². The SMILES string of the molecule is CC[C@@H](C)C(=O)N=C1S[C@H]2CS(=O)(=O)C[C@@H]2N1c1ccc(N2CCC(Cc3ccccc3)CC2)cc1. The van der Waals surface area contributed by atoms with Crippen LogP contribution in [0.3, 0.4) is 0 Å². The van der Waals surface area contributed by atoms with E-state index in [4.69, 9.17) is 0 Å². The summed E-state index contributed by atoms with van der Waals surface area (Å²) in [5, 5.41) is 0.557. The summed E-state index contributed by atoms with van der Waals surface area (Å²) in [6.45, 7) is 5.94. The largest absolute Gasteiger partial charge is 0.372 e. The van der Waals surface area contributed by atoms with Crippen LogP contribution in [0, 0.1) is 11.8 Å². The summed E-state index contributed by atoms with van der Waals surface area (Å²) in [6.07, 6.45) is 4.23. The number of rotatable bonds is 6. The highest BCUT2D eigenvalue weighted by molar-refractivity contribution is 8.16. The summed E-state index contributed by atoms with van der Waals surface area (Å²) >= 11 is 1.44. The minimum absolute atomic E-state index is 0.0817. The lowest BCUT2D eigenvalue weighted by Crippen LogP contribution is -2.38. The summed E-state index contributed by atoms with van der Waals surface area (Å²) in [5.74, 6) is 0.690. The van der Waals surface area contributed by atoms with Crippen molar-refractivity contribution in [3.63, 3.8) is 0 Å². The van der Waals surface area contributed by atoms with Crippen LogP contribution < -0.4 is 9.80 Å². The molecule has 2 aromatic carbocycles. The quantitative estimate of drug-likeness (QED) is 0.540. The summed E-state index contributed by atoms with van der Waals surface area (Å²) in [4.78, 5) is 21.5. The van der Waals surface area contributed by atoms with Crippen molar-refractivity contribution in [2.45, 2.75) is 50.8 Å². The van der Waals surface area contributed by atoms with Gasteiger partial charge in [-0.2, -0.15) is 4.99 Å². The van der Waals surface area contributed by atoms with Gasteiger partial charge in [-0.3, -0.25) is 4.79 Å². The topological polar surface area (TPSA) is 70.0 Å². The lowest BCUT2D eigenvalue weighted by atomic mass is 9.90. The van der Waals surface area contributed by atoms with Crippen LogP contribution in [0.1, 0.15) is 38.7 Å². The molecule has 0 spiro atoms. The summed E-state index contributed by atoms with van der Waals surface area (Å²) in [7, 11) is -3.08. The van der Waals surface area contributed by atoms with Crippen molar-refractivity contribution in [2.75, 3.05) is 34.4 Å². The van der Waals surface area contributed by atoms with Crippen LogP contribution in [0.25, 0.3) is 0 Å². The molecule has 0 saturated carbocycles. The van der Waals surface area contributed by atoms with E-state index in [0.717, 1.165) is 31.6 Å².